The molecular formula is C62H122O14. The number of ether oxygens (including phenoxy) is 12. The van der Waals surface area contributed by atoms with Crippen LogP contribution < -0.4 is 0 Å². The van der Waals surface area contributed by atoms with E-state index in [4.69, 9.17) is 56.8 Å². The highest BCUT2D eigenvalue weighted by Crippen LogP contribution is 2.35. The monoisotopic (exact) mass is 1090 g/mol. The van der Waals surface area contributed by atoms with Crippen molar-refractivity contribution in [3.63, 3.8) is 0 Å². The summed E-state index contributed by atoms with van der Waals surface area (Å²) in [7, 11) is 0. The van der Waals surface area contributed by atoms with Crippen molar-refractivity contribution < 1.29 is 66.4 Å². The molecule has 0 aliphatic carbocycles. The van der Waals surface area contributed by atoms with Gasteiger partial charge in [-0.3, -0.25) is 9.59 Å². The molecule has 0 atom stereocenters. The number of carbonyl (C=O) groups is 2. The Hall–Kier alpha value is -1.46. The summed E-state index contributed by atoms with van der Waals surface area (Å²) in [4.78, 5) is 27.2. The Morgan fingerprint density at radius 3 is 0.671 bits per heavy atom. The molecule has 14 heteroatoms. The minimum Gasteiger partial charge on any atom is -0.460 e. The summed E-state index contributed by atoms with van der Waals surface area (Å²) in [5.74, 6) is -5.53. The maximum atomic E-state index is 13.6. The molecule has 0 rings (SSSR count). The van der Waals surface area contributed by atoms with Crippen molar-refractivity contribution in [3.8, 4) is 0 Å². The molecule has 0 bridgehead atoms. The third-order valence-corrected chi connectivity index (χ3v) is 13.5. The fourth-order valence-electron chi connectivity index (χ4n) is 8.75. The van der Waals surface area contributed by atoms with Crippen molar-refractivity contribution in [3.05, 3.63) is 0 Å². The Balaban J connectivity index is 6.23. The Labute approximate surface area is 467 Å². The van der Waals surface area contributed by atoms with Gasteiger partial charge in [0.05, 0.1) is 65.7 Å². The van der Waals surface area contributed by atoms with Gasteiger partial charge >= 0.3 is 11.9 Å². The second kappa shape index (κ2) is 51.7. The summed E-state index contributed by atoms with van der Waals surface area (Å²) >= 11 is 0. The zero-order valence-corrected chi connectivity index (χ0v) is 51.2. The van der Waals surface area contributed by atoms with Crippen LogP contribution in [0.25, 0.3) is 0 Å². The molecule has 14 nitrogen and oxygen atoms in total. The third-order valence-electron chi connectivity index (χ3n) is 13.5. The maximum Gasteiger partial charge on any atom is 0.305 e. The molecule has 0 aromatic carbocycles. The Kier molecular flexibility index (Phi) is 50.7. The second-order valence-electron chi connectivity index (χ2n) is 21.0. The molecule has 76 heavy (non-hydrogen) atoms. The quantitative estimate of drug-likeness (QED) is 0.0323. The lowest BCUT2D eigenvalue weighted by atomic mass is 10.0. The molecule has 454 valence electrons. The molecule has 0 spiro atoms. The lowest BCUT2D eigenvalue weighted by Crippen LogP contribution is -2.54. The largest absolute Gasteiger partial charge is 0.460 e. The molecule has 0 unspecified atom stereocenters. The van der Waals surface area contributed by atoms with E-state index in [2.05, 4.69) is 55.4 Å². The van der Waals surface area contributed by atoms with Crippen LogP contribution in [0.1, 0.15) is 275 Å². The van der Waals surface area contributed by atoms with Crippen LogP contribution in [-0.4, -0.2) is 128 Å². The van der Waals surface area contributed by atoms with Gasteiger partial charge in [0.2, 0.25) is 11.6 Å². The van der Waals surface area contributed by atoms with Crippen LogP contribution in [-0.2, 0) is 66.4 Å². The minimum absolute atomic E-state index is 0.0880. The first-order valence-corrected chi connectivity index (χ1v) is 31.6. The van der Waals surface area contributed by atoms with E-state index in [1.807, 2.05) is 13.8 Å². The van der Waals surface area contributed by atoms with Crippen LogP contribution in [0.4, 0.5) is 0 Å². The third kappa shape index (κ3) is 39.0. The zero-order chi connectivity index (χ0) is 56.2. The van der Waals surface area contributed by atoms with Gasteiger partial charge in [-0.15, -0.1) is 0 Å². The standard InChI is InChI=1S/C62H122O14/c1-11-21-33-43-69-59(53-65-19-9,70-44-34-22-12-2)51-61(73-47-37-25-15-5,74-48-38-26-16-6)55-67-57(63)41-31-29-30-32-42-58(64)68-56-62(75-49-39-27-17-7,76-50-40-28-18-8)52-60(54-66-20-10,71-45-35-23-13-3)72-46-36-24-14-4/h11-56H2,1-10H3. The van der Waals surface area contributed by atoms with Crippen molar-refractivity contribution >= 4 is 11.9 Å². The number of carbonyl (C=O) groups excluding carboxylic acids is 2. The van der Waals surface area contributed by atoms with Crippen molar-refractivity contribution in [2.75, 3.05) is 92.5 Å². The lowest BCUT2D eigenvalue weighted by molar-refractivity contribution is -0.337. The molecular weight excluding hydrogens is 969 g/mol. The number of esters is 2. The van der Waals surface area contributed by atoms with E-state index in [1.165, 1.54) is 0 Å². The summed E-state index contributed by atoms with van der Waals surface area (Å²) in [5.41, 5.74) is 0. The summed E-state index contributed by atoms with van der Waals surface area (Å²) in [6.45, 7) is 26.4. The van der Waals surface area contributed by atoms with Crippen LogP contribution >= 0.6 is 0 Å². The van der Waals surface area contributed by atoms with Crippen molar-refractivity contribution in [1.29, 1.82) is 0 Å². The van der Waals surface area contributed by atoms with E-state index in [9.17, 15) is 9.59 Å². The topological polar surface area (TPSA) is 145 Å². The van der Waals surface area contributed by atoms with Gasteiger partial charge in [0.1, 0.15) is 26.4 Å². The van der Waals surface area contributed by atoms with E-state index < -0.39 is 23.1 Å². The molecule has 0 saturated heterocycles. The van der Waals surface area contributed by atoms with Crippen LogP contribution in [0.5, 0.6) is 0 Å². The Bertz CT molecular complexity index is 1130. The summed E-state index contributed by atoms with van der Waals surface area (Å²) < 4.78 is 78.1. The average molecular weight is 1090 g/mol. The van der Waals surface area contributed by atoms with Gasteiger partial charge in [-0.2, -0.15) is 0 Å². The van der Waals surface area contributed by atoms with Gasteiger partial charge in [0, 0.05) is 26.1 Å². The summed E-state index contributed by atoms with van der Waals surface area (Å²) in [6, 6.07) is 0. The summed E-state index contributed by atoms with van der Waals surface area (Å²) in [5, 5.41) is 0. The molecule has 0 amide bonds. The van der Waals surface area contributed by atoms with Gasteiger partial charge in [0.15, 0.2) is 11.6 Å². The lowest BCUT2D eigenvalue weighted by Gasteiger charge is -2.42. The van der Waals surface area contributed by atoms with Crippen LogP contribution in [0, 0.1) is 0 Å². The fourth-order valence-corrected chi connectivity index (χ4v) is 8.75. The second-order valence-corrected chi connectivity index (χ2v) is 21.0. The van der Waals surface area contributed by atoms with Gasteiger partial charge in [0.25, 0.3) is 0 Å². The SMILES string of the molecule is CCCCCOC(COCC)(CC(COC(=O)CCCCCCC(=O)OCC(CC(COCC)(OCCCCC)OCCCCC)(OCCCCC)OCCCCC)(OCCCCC)OCCCCC)OCCCCC. The first-order valence-electron chi connectivity index (χ1n) is 31.6. The molecule has 0 aliphatic rings. The molecule has 0 aliphatic heterocycles. The van der Waals surface area contributed by atoms with Crippen LogP contribution in [0.15, 0.2) is 0 Å². The average Bonchev–Trinajstić information content (AvgIpc) is 3.42. The smallest absolute Gasteiger partial charge is 0.305 e. The Morgan fingerprint density at radius 2 is 0.474 bits per heavy atom. The van der Waals surface area contributed by atoms with E-state index >= 15 is 0 Å². The number of unbranched alkanes of at least 4 members (excludes halogenated alkanes) is 19. The number of hydrogen-bond acceptors (Lipinski definition) is 14. The highest BCUT2D eigenvalue weighted by atomic mass is 16.8. The molecule has 0 fully saturated rings. The van der Waals surface area contributed by atoms with Gasteiger partial charge < -0.3 is 56.8 Å². The first-order chi connectivity index (χ1) is 37.0. The van der Waals surface area contributed by atoms with Gasteiger partial charge in [-0.1, -0.05) is 171 Å². The molecule has 0 saturated carbocycles. The maximum absolute atomic E-state index is 13.6. The minimum atomic E-state index is -1.29. The molecule has 0 N–H and O–H groups in total. The van der Waals surface area contributed by atoms with Crippen LogP contribution in [0.3, 0.4) is 0 Å². The van der Waals surface area contributed by atoms with Crippen molar-refractivity contribution in [2.24, 2.45) is 0 Å². The van der Waals surface area contributed by atoms with Crippen LogP contribution in [0.2, 0.25) is 0 Å². The normalized spacial score (nSPS) is 12.5. The zero-order valence-electron chi connectivity index (χ0n) is 51.2. The fraction of sp³-hybridized carbons (Fsp3) is 0.968. The van der Waals surface area contributed by atoms with E-state index in [-0.39, 0.29) is 64.0 Å². The highest BCUT2D eigenvalue weighted by Gasteiger charge is 2.48. The van der Waals surface area contributed by atoms with E-state index in [0.717, 1.165) is 167 Å². The predicted octanol–water partition coefficient (Wildman–Crippen LogP) is 15.7. The Morgan fingerprint density at radius 1 is 0.263 bits per heavy atom. The predicted molar refractivity (Wildman–Crippen MR) is 307 cm³/mol. The number of hydrogen-bond donors (Lipinski definition) is 0. The molecule has 0 heterocycles. The molecule has 0 aromatic heterocycles. The van der Waals surface area contributed by atoms with Gasteiger partial charge in [-0.25, -0.2) is 0 Å². The van der Waals surface area contributed by atoms with Crippen molar-refractivity contribution in [2.45, 2.75) is 298 Å². The molecule has 0 aromatic rings. The highest BCUT2D eigenvalue weighted by molar-refractivity contribution is 5.69. The van der Waals surface area contributed by atoms with E-state index in [1.54, 1.807) is 0 Å². The summed E-state index contributed by atoms with van der Waals surface area (Å²) in [6.07, 6.45) is 27.2. The first kappa shape index (κ1) is 74.5. The number of rotatable bonds is 61. The molecule has 0 radical (unpaired) electrons. The van der Waals surface area contributed by atoms with Crippen molar-refractivity contribution in [1.82, 2.24) is 0 Å². The van der Waals surface area contributed by atoms with Gasteiger partial charge in [-0.05, 0) is 78.1 Å². The van der Waals surface area contributed by atoms with E-state index in [0.29, 0.717) is 78.9 Å².